The van der Waals surface area contributed by atoms with E-state index in [9.17, 15) is 9.90 Å². The van der Waals surface area contributed by atoms with Crippen molar-refractivity contribution in [2.45, 2.75) is 33.2 Å². The van der Waals surface area contributed by atoms with Crippen molar-refractivity contribution in [2.75, 3.05) is 6.54 Å². The Hall–Kier alpha value is -3.67. The molecular formula is C25H28N4O2. The number of hydrogen-bond donors (Lipinski definition) is 2. The van der Waals surface area contributed by atoms with E-state index in [1.54, 1.807) is 30.6 Å². The van der Waals surface area contributed by atoms with Crippen LogP contribution in [0.3, 0.4) is 0 Å². The summed E-state index contributed by atoms with van der Waals surface area (Å²) in [6.07, 6.45) is 7.17. The number of nitrogens with zero attached hydrogens (tertiary/aromatic N) is 3. The molecule has 0 saturated heterocycles. The smallest absolute Gasteiger partial charge is 0.254 e. The third-order valence-electron chi connectivity index (χ3n) is 5.00. The minimum atomic E-state index is -0.168. The number of aliphatic imine (C=N–C) groups is 1. The summed E-state index contributed by atoms with van der Waals surface area (Å²) in [4.78, 5) is 21.6. The first-order valence-corrected chi connectivity index (χ1v) is 10.3. The average Bonchev–Trinajstić information content (AvgIpc) is 3.06. The number of fused-ring (bicyclic) bond motifs is 1. The second-order valence-corrected chi connectivity index (χ2v) is 7.59. The summed E-state index contributed by atoms with van der Waals surface area (Å²) in [6, 6.07) is 10.9. The van der Waals surface area contributed by atoms with Gasteiger partial charge in [-0.1, -0.05) is 32.1 Å². The van der Waals surface area contributed by atoms with Crippen molar-refractivity contribution < 1.29 is 9.90 Å². The number of amides is 1. The number of allylic oxidation sites excluding steroid dienone is 1. The van der Waals surface area contributed by atoms with Gasteiger partial charge in [0.1, 0.15) is 5.75 Å². The van der Waals surface area contributed by atoms with Gasteiger partial charge in [0.2, 0.25) is 0 Å². The molecule has 1 aromatic carbocycles. The van der Waals surface area contributed by atoms with Gasteiger partial charge in [0.25, 0.3) is 5.91 Å². The minimum absolute atomic E-state index is 0.0828. The van der Waals surface area contributed by atoms with Crippen LogP contribution in [0.4, 0.5) is 0 Å². The Bertz CT molecular complexity index is 1140. The number of phenols is 1. The first-order valence-electron chi connectivity index (χ1n) is 10.3. The summed E-state index contributed by atoms with van der Waals surface area (Å²) in [6.45, 7) is 10.4. The lowest BCUT2D eigenvalue weighted by Gasteiger charge is -2.15. The number of phenolic OH excluding ortho intramolecular Hbond substituents is 1. The largest absolute Gasteiger partial charge is 0.508 e. The second kappa shape index (κ2) is 9.89. The van der Waals surface area contributed by atoms with E-state index in [0.29, 0.717) is 18.7 Å². The van der Waals surface area contributed by atoms with E-state index in [1.807, 2.05) is 37.3 Å². The summed E-state index contributed by atoms with van der Waals surface area (Å²) in [5.41, 5.74) is 4.06. The summed E-state index contributed by atoms with van der Waals surface area (Å²) in [5.74, 6) is 0.0721. The van der Waals surface area contributed by atoms with Crippen LogP contribution in [0.2, 0.25) is 0 Å². The molecule has 3 rings (SSSR count). The fourth-order valence-corrected chi connectivity index (χ4v) is 3.77. The van der Waals surface area contributed by atoms with Crippen LogP contribution in [-0.4, -0.2) is 33.8 Å². The highest BCUT2D eigenvalue weighted by molar-refractivity contribution is 6.09. The van der Waals surface area contributed by atoms with E-state index in [1.165, 1.54) is 0 Å². The van der Waals surface area contributed by atoms with Crippen LogP contribution >= 0.6 is 0 Å². The van der Waals surface area contributed by atoms with Crippen molar-refractivity contribution in [3.05, 3.63) is 83.5 Å². The van der Waals surface area contributed by atoms with E-state index in [2.05, 4.69) is 40.4 Å². The van der Waals surface area contributed by atoms with Crippen LogP contribution in [0.1, 0.15) is 48.4 Å². The third-order valence-corrected chi connectivity index (χ3v) is 5.00. The van der Waals surface area contributed by atoms with E-state index in [-0.39, 0.29) is 17.6 Å². The number of pyridine rings is 1. The van der Waals surface area contributed by atoms with Gasteiger partial charge in [-0.3, -0.25) is 14.8 Å². The van der Waals surface area contributed by atoms with E-state index in [0.717, 1.165) is 27.9 Å². The molecule has 0 fully saturated rings. The maximum Gasteiger partial charge on any atom is 0.254 e. The average molecular weight is 417 g/mol. The van der Waals surface area contributed by atoms with Crippen LogP contribution in [0.15, 0.2) is 71.5 Å². The molecule has 0 aliphatic heterocycles. The minimum Gasteiger partial charge on any atom is -0.508 e. The molecule has 0 atom stereocenters. The van der Waals surface area contributed by atoms with Crippen molar-refractivity contribution in [2.24, 2.45) is 4.99 Å². The Morgan fingerprint density at radius 2 is 2.13 bits per heavy atom. The van der Waals surface area contributed by atoms with Crippen LogP contribution in [0.5, 0.6) is 5.75 Å². The summed E-state index contributed by atoms with van der Waals surface area (Å²) < 4.78 is 2.07. The molecule has 31 heavy (non-hydrogen) atoms. The fourth-order valence-electron chi connectivity index (χ4n) is 3.77. The Balaban J connectivity index is 2.10. The van der Waals surface area contributed by atoms with E-state index >= 15 is 0 Å². The zero-order chi connectivity index (χ0) is 22.4. The fraction of sp³-hybridized carbons (Fsp3) is 0.240. The maximum atomic E-state index is 13.3. The number of benzene rings is 1. The summed E-state index contributed by atoms with van der Waals surface area (Å²) >= 11 is 0. The summed E-state index contributed by atoms with van der Waals surface area (Å²) in [5, 5.41) is 13.9. The van der Waals surface area contributed by atoms with Crippen LogP contribution < -0.4 is 5.32 Å². The maximum absolute atomic E-state index is 13.3. The number of carbonyl (C=O) groups excluding carboxylic acids is 1. The molecule has 0 aliphatic rings. The van der Waals surface area contributed by atoms with E-state index < -0.39 is 0 Å². The number of rotatable bonds is 8. The Kier molecular flexibility index (Phi) is 7.03. The van der Waals surface area contributed by atoms with Crippen LogP contribution in [0, 0.1) is 0 Å². The first kappa shape index (κ1) is 22.0. The van der Waals surface area contributed by atoms with Gasteiger partial charge in [0, 0.05) is 36.1 Å². The van der Waals surface area contributed by atoms with Crippen molar-refractivity contribution >= 4 is 23.5 Å². The molecule has 0 spiro atoms. The molecule has 3 aromatic rings. The predicted octanol–water partition coefficient (Wildman–Crippen LogP) is 4.80. The molecule has 2 N–H and O–H groups in total. The zero-order valence-electron chi connectivity index (χ0n) is 18.2. The standard InChI is InChI=1S/C25H28N4O2/c1-5-8-18(14-26-4)15-28-25(31)23-21-11-10-20(30)13-22(21)29(24(23)17(2)3)16-19-9-6-7-12-27-19/h5-14,17,30H,4,15-16H2,1-3H3,(H,28,31)/b8-5-,18-14+. The number of nitrogens with one attached hydrogen (secondary N) is 1. The van der Waals surface area contributed by atoms with Crippen LogP contribution in [-0.2, 0) is 6.54 Å². The molecule has 0 saturated carbocycles. The lowest BCUT2D eigenvalue weighted by atomic mass is 10.0. The molecular weight excluding hydrogens is 388 g/mol. The molecule has 0 unspecified atom stereocenters. The first-order chi connectivity index (χ1) is 15.0. The highest BCUT2D eigenvalue weighted by Crippen LogP contribution is 2.34. The molecule has 160 valence electrons. The Morgan fingerprint density at radius 1 is 1.32 bits per heavy atom. The molecule has 0 radical (unpaired) electrons. The van der Waals surface area contributed by atoms with Gasteiger partial charge >= 0.3 is 0 Å². The normalized spacial score (nSPS) is 12.1. The van der Waals surface area contributed by atoms with Gasteiger partial charge in [-0.05, 0) is 49.4 Å². The molecule has 0 bridgehead atoms. The SMILES string of the molecule is C=N/C=C(\C=C/C)CNC(=O)c1c(C(C)C)n(Cc2ccccn2)c2cc(O)ccc12. The van der Waals surface area contributed by atoms with Crippen molar-refractivity contribution in [3.8, 4) is 5.75 Å². The number of carbonyl (C=O) groups is 1. The van der Waals surface area contributed by atoms with Crippen molar-refractivity contribution in [1.29, 1.82) is 0 Å². The Morgan fingerprint density at radius 3 is 2.77 bits per heavy atom. The molecule has 6 nitrogen and oxygen atoms in total. The second-order valence-electron chi connectivity index (χ2n) is 7.59. The molecule has 6 heteroatoms. The van der Waals surface area contributed by atoms with Crippen LogP contribution in [0.25, 0.3) is 10.9 Å². The molecule has 2 heterocycles. The van der Waals surface area contributed by atoms with Crippen molar-refractivity contribution in [3.63, 3.8) is 0 Å². The van der Waals surface area contributed by atoms with Gasteiger partial charge in [0.05, 0.1) is 23.3 Å². The number of aromatic hydroxyl groups is 1. The van der Waals surface area contributed by atoms with Crippen molar-refractivity contribution in [1.82, 2.24) is 14.9 Å². The molecule has 0 aliphatic carbocycles. The third kappa shape index (κ3) is 4.91. The van der Waals surface area contributed by atoms with Gasteiger partial charge in [-0.15, -0.1) is 0 Å². The molecule has 2 aromatic heterocycles. The highest BCUT2D eigenvalue weighted by Gasteiger charge is 2.25. The van der Waals surface area contributed by atoms with Gasteiger partial charge in [0.15, 0.2) is 0 Å². The van der Waals surface area contributed by atoms with Gasteiger partial charge < -0.3 is 15.0 Å². The van der Waals surface area contributed by atoms with Gasteiger partial charge in [-0.2, -0.15) is 0 Å². The quantitative estimate of drug-likeness (QED) is 0.409. The van der Waals surface area contributed by atoms with E-state index in [4.69, 9.17) is 0 Å². The summed E-state index contributed by atoms with van der Waals surface area (Å²) in [7, 11) is 0. The number of hydrogen-bond acceptors (Lipinski definition) is 4. The predicted molar refractivity (Wildman–Crippen MR) is 126 cm³/mol. The Labute approximate surface area is 182 Å². The monoisotopic (exact) mass is 416 g/mol. The highest BCUT2D eigenvalue weighted by atomic mass is 16.3. The number of aromatic nitrogens is 2. The molecule has 1 amide bonds. The zero-order valence-corrected chi connectivity index (χ0v) is 18.2. The topological polar surface area (TPSA) is 79.5 Å². The van der Waals surface area contributed by atoms with Gasteiger partial charge in [-0.25, -0.2) is 0 Å². The lowest BCUT2D eigenvalue weighted by molar-refractivity contribution is 0.0957. The lowest BCUT2D eigenvalue weighted by Crippen LogP contribution is -2.26.